The standard InChI is InChI=1S/C9H9NO2S/c1-3-7-9-8(12-10-7)6(4-11)5(2)13-9/h4H,3H2,1-2H3. The van der Waals surface area contributed by atoms with Crippen molar-refractivity contribution in [2.45, 2.75) is 20.3 Å². The number of nitrogens with zero attached hydrogens (tertiary/aromatic N) is 1. The zero-order valence-corrected chi connectivity index (χ0v) is 8.27. The molecule has 0 aliphatic heterocycles. The van der Waals surface area contributed by atoms with Crippen molar-refractivity contribution in [2.75, 3.05) is 0 Å². The summed E-state index contributed by atoms with van der Waals surface area (Å²) in [4.78, 5) is 11.7. The predicted octanol–water partition coefficient (Wildman–Crippen LogP) is 2.57. The Morgan fingerprint density at radius 1 is 1.62 bits per heavy atom. The Balaban J connectivity index is 2.79. The summed E-state index contributed by atoms with van der Waals surface area (Å²) in [6, 6.07) is 0. The average Bonchev–Trinajstić information content (AvgIpc) is 2.62. The van der Waals surface area contributed by atoms with Gasteiger partial charge in [0.1, 0.15) is 5.69 Å². The first-order valence-corrected chi connectivity index (χ1v) is 4.92. The Bertz CT molecular complexity index is 455. The van der Waals surface area contributed by atoms with Gasteiger partial charge in [0.2, 0.25) is 0 Å². The lowest BCUT2D eigenvalue weighted by Gasteiger charge is -1.83. The van der Waals surface area contributed by atoms with E-state index in [1.807, 2.05) is 13.8 Å². The van der Waals surface area contributed by atoms with E-state index in [9.17, 15) is 4.79 Å². The minimum atomic E-state index is 0.646. The van der Waals surface area contributed by atoms with E-state index in [4.69, 9.17) is 4.52 Å². The molecular formula is C9H9NO2S. The van der Waals surface area contributed by atoms with Crippen LogP contribution in [0.3, 0.4) is 0 Å². The summed E-state index contributed by atoms with van der Waals surface area (Å²) in [6.07, 6.45) is 1.67. The van der Waals surface area contributed by atoms with Crippen LogP contribution in [0.25, 0.3) is 10.3 Å². The highest BCUT2D eigenvalue weighted by Gasteiger charge is 2.15. The molecule has 4 heteroatoms. The molecule has 68 valence electrons. The number of carbonyl (C=O) groups excluding carboxylic acids is 1. The summed E-state index contributed by atoms with van der Waals surface area (Å²) in [7, 11) is 0. The third-order valence-electron chi connectivity index (χ3n) is 2.05. The van der Waals surface area contributed by atoms with Gasteiger partial charge in [-0.3, -0.25) is 4.79 Å². The number of aromatic nitrogens is 1. The van der Waals surface area contributed by atoms with Crippen molar-refractivity contribution in [1.29, 1.82) is 0 Å². The van der Waals surface area contributed by atoms with Gasteiger partial charge in [-0.15, -0.1) is 11.3 Å². The van der Waals surface area contributed by atoms with Gasteiger partial charge < -0.3 is 4.52 Å². The normalized spacial score (nSPS) is 10.9. The molecule has 3 nitrogen and oxygen atoms in total. The number of carbonyl (C=O) groups is 1. The molecule has 0 aromatic carbocycles. The van der Waals surface area contributed by atoms with Crippen molar-refractivity contribution >= 4 is 27.9 Å². The van der Waals surface area contributed by atoms with Crippen LogP contribution in [0.1, 0.15) is 27.9 Å². The van der Waals surface area contributed by atoms with E-state index >= 15 is 0 Å². The van der Waals surface area contributed by atoms with Crippen LogP contribution < -0.4 is 0 Å². The SMILES string of the molecule is CCc1noc2c(C=O)c(C)sc12. The van der Waals surface area contributed by atoms with Gasteiger partial charge in [0.15, 0.2) is 11.9 Å². The lowest BCUT2D eigenvalue weighted by molar-refractivity contribution is 0.112. The number of fused-ring (bicyclic) bond motifs is 1. The van der Waals surface area contributed by atoms with Gasteiger partial charge in [0, 0.05) is 4.88 Å². The largest absolute Gasteiger partial charge is 0.354 e. The Morgan fingerprint density at radius 2 is 2.38 bits per heavy atom. The second-order valence-corrected chi connectivity index (χ2v) is 4.06. The molecule has 0 saturated carbocycles. The summed E-state index contributed by atoms with van der Waals surface area (Å²) in [5.41, 5.74) is 2.23. The number of aldehydes is 1. The second kappa shape index (κ2) is 2.96. The molecule has 2 heterocycles. The van der Waals surface area contributed by atoms with E-state index in [0.717, 1.165) is 28.0 Å². The third kappa shape index (κ3) is 1.09. The monoisotopic (exact) mass is 195 g/mol. The fraction of sp³-hybridized carbons (Fsp3) is 0.333. The van der Waals surface area contributed by atoms with Crippen LogP contribution in [0.4, 0.5) is 0 Å². The van der Waals surface area contributed by atoms with E-state index in [-0.39, 0.29) is 0 Å². The molecule has 0 aliphatic rings. The summed E-state index contributed by atoms with van der Waals surface area (Å²) < 4.78 is 6.13. The van der Waals surface area contributed by atoms with E-state index in [0.29, 0.717) is 11.1 Å². The minimum absolute atomic E-state index is 0.646. The highest BCUT2D eigenvalue weighted by molar-refractivity contribution is 7.19. The zero-order chi connectivity index (χ0) is 9.42. The molecule has 0 amide bonds. The molecule has 0 unspecified atom stereocenters. The van der Waals surface area contributed by atoms with Crippen LogP contribution in [0.2, 0.25) is 0 Å². The van der Waals surface area contributed by atoms with Crippen LogP contribution in [-0.4, -0.2) is 11.4 Å². The Kier molecular flexibility index (Phi) is 1.92. The van der Waals surface area contributed by atoms with E-state index < -0.39 is 0 Å². The van der Waals surface area contributed by atoms with E-state index in [1.54, 1.807) is 11.3 Å². The maximum Gasteiger partial charge on any atom is 0.188 e. The van der Waals surface area contributed by atoms with Crippen molar-refractivity contribution in [3.8, 4) is 0 Å². The highest BCUT2D eigenvalue weighted by Crippen LogP contribution is 2.32. The average molecular weight is 195 g/mol. The smallest absolute Gasteiger partial charge is 0.188 e. The van der Waals surface area contributed by atoms with Gasteiger partial charge in [-0.05, 0) is 13.3 Å². The molecule has 2 rings (SSSR count). The molecule has 0 aliphatic carbocycles. The maximum atomic E-state index is 10.7. The number of aryl methyl sites for hydroxylation is 2. The van der Waals surface area contributed by atoms with Gasteiger partial charge in [-0.1, -0.05) is 12.1 Å². The number of hydrogen-bond donors (Lipinski definition) is 0. The Morgan fingerprint density at radius 3 is 3.00 bits per heavy atom. The molecule has 2 aromatic heterocycles. The zero-order valence-electron chi connectivity index (χ0n) is 7.46. The van der Waals surface area contributed by atoms with E-state index in [1.165, 1.54) is 0 Å². The van der Waals surface area contributed by atoms with Crippen molar-refractivity contribution in [3.63, 3.8) is 0 Å². The van der Waals surface area contributed by atoms with Gasteiger partial charge in [0.05, 0.1) is 10.3 Å². The van der Waals surface area contributed by atoms with Crippen molar-refractivity contribution in [3.05, 3.63) is 16.1 Å². The van der Waals surface area contributed by atoms with Crippen molar-refractivity contribution in [2.24, 2.45) is 0 Å². The molecule has 0 radical (unpaired) electrons. The van der Waals surface area contributed by atoms with Crippen LogP contribution in [-0.2, 0) is 6.42 Å². The van der Waals surface area contributed by atoms with Gasteiger partial charge in [-0.25, -0.2) is 0 Å². The first kappa shape index (κ1) is 8.44. The minimum Gasteiger partial charge on any atom is -0.354 e. The summed E-state index contributed by atoms with van der Waals surface area (Å²) >= 11 is 1.57. The summed E-state index contributed by atoms with van der Waals surface area (Å²) in [5, 5.41) is 3.90. The highest BCUT2D eigenvalue weighted by atomic mass is 32.1. The van der Waals surface area contributed by atoms with Crippen LogP contribution in [0.5, 0.6) is 0 Å². The molecule has 2 aromatic rings. The fourth-order valence-corrected chi connectivity index (χ4v) is 2.42. The van der Waals surface area contributed by atoms with Crippen molar-refractivity contribution < 1.29 is 9.32 Å². The Hall–Kier alpha value is -1.16. The lowest BCUT2D eigenvalue weighted by atomic mass is 10.2. The number of thiophene rings is 1. The summed E-state index contributed by atoms with van der Waals surface area (Å²) in [6.45, 7) is 3.94. The number of hydrogen-bond acceptors (Lipinski definition) is 4. The van der Waals surface area contributed by atoms with E-state index in [2.05, 4.69) is 5.16 Å². The molecule has 0 N–H and O–H groups in total. The molecule has 0 saturated heterocycles. The Labute approximate surface area is 79.3 Å². The second-order valence-electron chi connectivity index (χ2n) is 2.83. The van der Waals surface area contributed by atoms with Crippen LogP contribution >= 0.6 is 11.3 Å². The van der Waals surface area contributed by atoms with Gasteiger partial charge in [0.25, 0.3) is 0 Å². The molecule has 0 spiro atoms. The van der Waals surface area contributed by atoms with Gasteiger partial charge >= 0.3 is 0 Å². The quantitative estimate of drug-likeness (QED) is 0.692. The summed E-state index contributed by atoms with van der Waals surface area (Å²) in [5.74, 6) is 0. The topological polar surface area (TPSA) is 43.1 Å². The molecular weight excluding hydrogens is 186 g/mol. The molecule has 0 bridgehead atoms. The van der Waals surface area contributed by atoms with Crippen LogP contribution in [0, 0.1) is 6.92 Å². The van der Waals surface area contributed by atoms with Crippen LogP contribution in [0.15, 0.2) is 4.52 Å². The first-order valence-electron chi connectivity index (χ1n) is 4.10. The third-order valence-corrected chi connectivity index (χ3v) is 3.20. The molecule has 0 atom stereocenters. The number of rotatable bonds is 2. The molecule has 0 fully saturated rings. The fourth-order valence-electron chi connectivity index (χ4n) is 1.32. The van der Waals surface area contributed by atoms with Crippen molar-refractivity contribution in [1.82, 2.24) is 5.16 Å². The lowest BCUT2D eigenvalue weighted by Crippen LogP contribution is -1.76. The predicted molar refractivity (Wildman–Crippen MR) is 51.4 cm³/mol. The van der Waals surface area contributed by atoms with Gasteiger partial charge in [-0.2, -0.15) is 0 Å². The first-order chi connectivity index (χ1) is 6.27. The maximum absolute atomic E-state index is 10.7. The molecule has 13 heavy (non-hydrogen) atoms.